The van der Waals surface area contributed by atoms with Crippen molar-refractivity contribution >= 4 is 28.1 Å². The predicted molar refractivity (Wildman–Crippen MR) is 168 cm³/mol. The fourth-order valence-corrected chi connectivity index (χ4v) is 5.03. The molecule has 5 aromatic rings. The van der Waals surface area contributed by atoms with Crippen LogP contribution in [-0.4, -0.2) is 43.9 Å². The van der Waals surface area contributed by atoms with E-state index in [0.717, 1.165) is 0 Å². The largest absolute Gasteiger partial charge is 0.493 e. The molecule has 0 saturated carbocycles. The number of nitrogen functional groups attached to an aromatic ring is 1. The predicted octanol–water partition coefficient (Wildman–Crippen LogP) is 5.54. The number of fused-ring (bicyclic) bond motifs is 1. The Morgan fingerprint density at radius 2 is 1.49 bits per heavy atom. The van der Waals surface area contributed by atoms with Crippen LogP contribution >= 0.6 is 0 Å². The van der Waals surface area contributed by atoms with Gasteiger partial charge in [0, 0.05) is 29.1 Å². The van der Waals surface area contributed by atoms with Crippen molar-refractivity contribution in [1.29, 1.82) is 0 Å². The number of ether oxygens (including phenoxy) is 5. The highest BCUT2D eigenvalue weighted by molar-refractivity contribution is 6.08. The van der Waals surface area contributed by atoms with Gasteiger partial charge in [-0.05, 0) is 83.2 Å². The minimum absolute atomic E-state index is 0.0337. The summed E-state index contributed by atoms with van der Waals surface area (Å²) in [5.41, 5.74) is 7.75. The van der Waals surface area contributed by atoms with Gasteiger partial charge in [-0.15, -0.1) is 0 Å². The number of pyridine rings is 1. The maximum absolute atomic E-state index is 14.2. The minimum Gasteiger partial charge on any atom is -0.493 e. The van der Waals surface area contributed by atoms with E-state index in [-0.39, 0.29) is 23.4 Å². The molecule has 5 rings (SSSR count). The zero-order valence-electron chi connectivity index (χ0n) is 24.9. The Morgan fingerprint density at radius 1 is 0.844 bits per heavy atom. The summed E-state index contributed by atoms with van der Waals surface area (Å²) in [6.07, 6.45) is 0. The van der Waals surface area contributed by atoms with E-state index in [1.165, 1.54) is 45.1 Å². The summed E-state index contributed by atoms with van der Waals surface area (Å²) in [6.45, 7) is 0.0929. The molecule has 0 fully saturated rings. The van der Waals surface area contributed by atoms with Crippen molar-refractivity contribution in [3.05, 3.63) is 111 Å². The Balaban J connectivity index is 1.78. The average Bonchev–Trinajstić information content (AvgIpc) is 3.06. The van der Waals surface area contributed by atoms with Crippen LogP contribution in [0.1, 0.15) is 16.1 Å². The molecule has 230 valence electrons. The fourth-order valence-electron chi connectivity index (χ4n) is 5.03. The number of hydrogen-bond donors (Lipinski definition) is 1. The van der Waals surface area contributed by atoms with Gasteiger partial charge >= 0.3 is 5.97 Å². The van der Waals surface area contributed by atoms with Gasteiger partial charge in [0.1, 0.15) is 18.1 Å². The number of hydrogen-bond acceptors (Lipinski definition) is 10. The van der Waals surface area contributed by atoms with Crippen molar-refractivity contribution in [1.82, 2.24) is 4.57 Å². The summed E-state index contributed by atoms with van der Waals surface area (Å²) in [4.78, 5) is 38.3. The number of methoxy groups -OCH3 is 4. The lowest BCUT2D eigenvalue weighted by Crippen LogP contribution is -2.27. The van der Waals surface area contributed by atoms with E-state index >= 15 is 0 Å². The molecule has 45 heavy (non-hydrogen) atoms. The number of anilines is 1. The smallest absolute Gasteiger partial charge is 0.355 e. The average molecular weight is 612 g/mol. The van der Waals surface area contributed by atoms with E-state index < -0.39 is 16.5 Å². The molecule has 12 heteroatoms. The minimum atomic E-state index is -0.756. The van der Waals surface area contributed by atoms with Crippen molar-refractivity contribution in [3.63, 3.8) is 0 Å². The van der Waals surface area contributed by atoms with Crippen molar-refractivity contribution in [2.45, 2.75) is 6.61 Å². The van der Waals surface area contributed by atoms with Gasteiger partial charge in [0.05, 0.1) is 38.7 Å². The van der Waals surface area contributed by atoms with Crippen LogP contribution in [0.15, 0.2) is 83.7 Å². The third-order valence-electron chi connectivity index (χ3n) is 7.19. The Morgan fingerprint density at radius 3 is 2.04 bits per heavy atom. The molecule has 0 aliphatic carbocycles. The first-order valence-corrected chi connectivity index (χ1v) is 13.5. The first-order valence-electron chi connectivity index (χ1n) is 13.5. The van der Waals surface area contributed by atoms with Gasteiger partial charge in [0.2, 0.25) is 5.75 Å². The molecule has 0 unspecified atom stereocenters. The second-order valence-corrected chi connectivity index (χ2v) is 9.78. The van der Waals surface area contributed by atoms with Crippen LogP contribution in [0.2, 0.25) is 0 Å². The number of nitro benzene ring substituents is 1. The number of rotatable bonds is 10. The molecule has 0 spiro atoms. The van der Waals surface area contributed by atoms with Crippen molar-refractivity contribution in [2.75, 3.05) is 34.2 Å². The van der Waals surface area contributed by atoms with Crippen molar-refractivity contribution < 1.29 is 33.4 Å². The van der Waals surface area contributed by atoms with Crippen LogP contribution < -0.4 is 30.2 Å². The normalized spacial score (nSPS) is 10.8. The lowest BCUT2D eigenvalue weighted by atomic mass is 9.95. The van der Waals surface area contributed by atoms with Gasteiger partial charge in [0.25, 0.3) is 11.2 Å². The second-order valence-electron chi connectivity index (χ2n) is 9.78. The fraction of sp³-hybridized carbons (Fsp3) is 0.152. The zero-order chi connectivity index (χ0) is 32.2. The molecule has 0 atom stereocenters. The summed E-state index contributed by atoms with van der Waals surface area (Å²) in [7, 11) is 5.67. The van der Waals surface area contributed by atoms with E-state index in [2.05, 4.69) is 0 Å². The second kappa shape index (κ2) is 12.7. The maximum atomic E-state index is 14.2. The molecule has 0 amide bonds. The SMILES string of the molecule is COC(=O)c1c(-c2cc(OC)c(OC)c(OC)c2)c2ccc(OCc3ccc([N+](=O)[O-])cc3)cc2c(=O)n1-c1ccc(N)cc1. The lowest BCUT2D eigenvalue weighted by Gasteiger charge is -2.21. The highest BCUT2D eigenvalue weighted by Crippen LogP contribution is 2.44. The number of nitrogens with zero attached hydrogens (tertiary/aromatic N) is 2. The summed E-state index contributed by atoms with van der Waals surface area (Å²) >= 11 is 0. The van der Waals surface area contributed by atoms with E-state index in [0.29, 0.717) is 56.4 Å². The number of aromatic nitrogens is 1. The van der Waals surface area contributed by atoms with Crippen LogP contribution in [0.3, 0.4) is 0 Å². The number of esters is 1. The zero-order valence-corrected chi connectivity index (χ0v) is 24.9. The summed E-state index contributed by atoms with van der Waals surface area (Å²) < 4.78 is 29.1. The molecule has 2 N–H and O–H groups in total. The Bertz CT molecular complexity index is 1940. The van der Waals surface area contributed by atoms with E-state index in [1.807, 2.05) is 0 Å². The number of carbonyl (C=O) groups is 1. The molecule has 1 aromatic heterocycles. The quantitative estimate of drug-likeness (QED) is 0.0921. The molecule has 0 radical (unpaired) electrons. The molecule has 12 nitrogen and oxygen atoms in total. The molecule has 0 bridgehead atoms. The van der Waals surface area contributed by atoms with E-state index in [9.17, 15) is 19.7 Å². The maximum Gasteiger partial charge on any atom is 0.355 e. The highest BCUT2D eigenvalue weighted by atomic mass is 16.6. The van der Waals surface area contributed by atoms with Gasteiger partial charge in [-0.3, -0.25) is 19.5 Å². The van der Waals surface area contributed by atoms with Crippen LogP contribution in [0.25, 0.3) is 27.6 Å². The molecule has 4 aromatic carbocycles. The molecule has 0 saturated heterocycles. The molecular formula is C33H29N3O9. The number of benzene rings is 4. The third kappa shape index (κ3) is 5.80. The molecule has 0 aliphatic rings. The topological polar surface area (TPSA) is 154 Å². The first-order chi connectivity index (χ1) is 21.7. The van der Waals surface area contributed by atoms with Crippen LogP contribution in [0.5, 0.6) is 23.0 Å². The third-order valence-corrected chi connectivity index (χ3v) is 7.19. The molecular weight excluding hydrogens is 582 g/mol. The standard InChI is InChI=1S/C33H29N3O9/c1-41-27-15-20(16-28(42-2)31(27)43-3)29-25-14-13-24(45-18-19-5-9-23(10-6-19)36(39)40)17-26(25)32(37)35(30(29)33(38)44-4)22-11-7-21(34)8-12-22/h5-17H,18,34H2,1-4H3. The van der Waals surface area contributed by atoms with Gasteiger partial charge in [-0.2, -0.15) is 0 Å². The van der Waals surface area contributed by atoms with Gasteiger partial charge in [0.15, 0.2) is 11.5 Å². The van der Waals surface area contributed by atoms with Crippen molar-refractivity contribution in [2.24, 2.45) is 0 Å². The number of non-ortho nitro benzene ring substituents is 1. The van der Waals surface area contributed by atoms with Gasteiger partial charge in [-0.1, -0.05) is 0 Å². The number of nitrogens with two attached hydrogens (primary N) is 1. The van der Waals surface area contributed by atoms with Gasteiger partial charge in [-0.25, -0.2) is 4.79 Å². The molecule has 0 aliphatic heterocycles. The van der Waals surface area contributed by atoms with E-state index in [4.69, 9.17) is 29.4 Å². The monoisotopic (exact) mass is 611 g/mol. The lowest BCUT2D eigenvalue weighted by molar-refractivity contribution is -0.384. The Labute approximate surface area is 257 Å². The molecule has 1 heterocycles. The van der Waals surface area contributed by atoms with Crippen LogP contribution in [0, 0.1) is 10.1 Å². The van der Waals surface area contributed by atoms with Crippen molar-refractivity contribution in [3.8, 4) is 39.8 Å². The number of carbonyl (C=O) groups excluding carboxylic acids is 1. The Kier molecular flexibility index (Phi) is 8.57. The van der Waals surface area contributed by atoms with E-state index in [1.54, 1.807) is 66.7 Å². The highest BCUT2D eigenvalue weighted by Gasteiger charge is 2.27. The summed E-state index contributed by atoms with van der Waals surface area (Å²) in [6, 6.07) is 20.8. The van der Waals surface area contributed by atoms with Crippen LogP contribution in [-0.2, 0) is 11.3 Å². The number of nitro groups is 1. The first kappa shape index (κ1) is 30.4. The Hall–Kier alpha value is -6.04. The summed E-state index contributed by atoms with van der Waals surface area (Å²) in [5, 5.41) is 11.7. The summed E-state index contributed by atoms with van der Waals surface area (Å²) in [5.74, 6) is 0.631. The van der Waals surface area contributed by atoms with Crippen LogP contribution in [0.4, 0.5) is 11.4 Å². The van der Waals surface area contributed by atoms with Gasteiger partial charge < -0.3 is 29.4 Å².